The molecule has 4 aromatic rings. The fourth-order valence-electron chi connectivity index (χ4n) is 4.07. The predicted octanol–water partition coefficient (Wildman–Crippen LogP) is 5.09. The second kappa shape index (κ2) is 8.94. The number of anilines is 1. The molecule has 2 amide bonds. The second-order valence-electron chi connectivity index (χ2n) is 8.39. The number of aromatic nitrogens is 1. The van der Waals surface area contributed by atoms with Crippen molar-refractivity contribution >= 4 is 28.4 Å². The van der Waals surface area contributed by atoms with Gasteiger partial charge in [0.25, 0.3) is 5.91 Å². The summed E-state index contributed by atoms with van der Waals surface area (Å²) in [6.45, 7) is 0.674. The van der Waals surface area contributed by atoms with E-state index < -0.39 is 0 Å². The zero-order chi connectivity index (χ0) is 22.8. The molecule has 1 aliphatic carbocycles. The number of hydrogen-bond acceptors (Lipinski definition) is 3. The van der Waals surface area contributed by atoms with Crippen LogP contribution in [0.2, 0.25) is 0 Å². The molecule has 2 aromatic carbocycles. The Bertz CT molecular complexity index is 1290. The van der Waals surface area contributed by atoms with Crippen LogP contribution in [-0.4, -0.2) is 16.4 Å². The van der Waals surface area contributed by atoms with Crippen LogP contribution in [0.3, 0.4) is 0 Å². The van der Waals surface area contributed by atoms with E-state index in [1.54, 1.807) is 30.5 Å². The summed E-state index contributed by atoms with van der Waals surface area (Å²) in [6, 6.07) is 17.3. The molecule has 2 N–H and O–H groups in total. The molecular formula is C26H24FN3O3. The number of benzene rings is 2. The average Bonchev–Trinajstić information content (AvgIpc) is 3.40. The third-order valence-corrected chi connectivity index (χ3v) is 6.13. The van der Waals surface area contributed by atoms with Crippen molar-refractivity contribution in [2.75, 3.05) is 5.32 Å². The molecule has 1 saturated carbocycles. The second-order valence-corrected chi connectivity index (χ2v) is 8.39. The minimum absolute atomic E-state index is 0.0442. The van der Waals surface area contributed by atoms with E-state index in [1.807, 2.05) is 28.8 Å². The van der Waals surface area contributed by atoms with Gasteiger partial charge in [0.1, 0.15) is 17.3 Å². The monoisotopic (exact) mass is 445 g/mol. The number of halogens is 1. The topological polar surface area (TPSA) is 76.3 Å². The Morgan fingerprint density at radius 1 is 1.06 bits per heavy atom. The van der Waals surface area contributed by atoms with Crippen LogP contribution in [0.25, 0.3) is 10.9 Å². The lowest BCUT2D eigenvalue weighted by atomic mass is 9.85. The minimum atomic E-state index is -0.306. The summed E-state index contributed by atoms with van der Waals surface area (Å²) in [5.74, 6) is 0.240. The Kier molecular flexibility index (Phi) is 5.69. The van der Waals surface area contributed by atoms with Gasteiger partial charge in [-0.1, -0.05) is 18.6 Å². The number of amides is 2. The van der Waals surface area contributed by atoms with Gasteiger partial charge in [-0.25, -0.2) is 4.39 Å². The van der Waals surface area contributed by atoms with Gasteiger partial charge < -0.3 is 19.6 Å². The van der Waals surface area contributed by atoms with Crippen molar-refractivity contribution in [3.8, 4) is 0 Å². The van der Waals surface area contributed by atoms with E-state index in [4.69, 9.17) is 4.42 Å². The molecule has 0 spiro atoms. The molecule has 2 heterocycles. The molecule has 0 unspecified atom stereocenters. The van der Waals surface area contributed by atoms with E-state index in [2.05, 4.69) is 10.6 Å². The molecule has 0 saturated heterocycles. The Balaban J connectivity index is 1.45. The number of furan rings is 1. The van der Waals surface area contributed by atoms with Crippen LogP contribution in [0, 0.1) is 11.7 Å². The highest BCUT2D eigenvalue weighted by Crippen LogP contribution is 2.29. The van der Waals surface area contributed by atoms with Crippen molar-refractivity contribution in [3.63, 3.8) is 0 Å². The van der Waals surface area contributed by atoms with Crippen molar-refractivity contribution in [2.45, 2.75) is 32.4 Å². The van der Waals surface area contributed by atoms with Crippen molar-refractivity contribution < 1.29 is 18.4 Å². The number of rotatable bonds is 7. The molecule has 0 bridgehead atoms. The first kappa shape index (κ1) is 21.0. The van der Waals surface area contributed by atoms with Crippen LogP contribution in [0.4, 0.5) is 10.1 Å². The number of hydrogen-bond donors (Lipinski definition) is 2. The number of nitrogens with one attached hydrogen (secondary N) is 2. The van der Waals surface area contributed by atoms with Crippen molar-refractivity contribution in [1.82, 2.24) is 9.88 Å². The van der Waals surface area contributed by atoms with Crippen LogP contribution in [0.15, 0.2) is 71.3 Å². The molecule has 0 atom stereocenters. The molecule has 1 fully saturated rings. The van der Waals surface area contributed by atoms with Gasteiger partial charge in [0.15, 0.2) is 0 Å². The lowest BCUT2D eigenvalue weighted by Gasteiger charge is -2.24. The number of carbonyl (C=O) groups is 2. The molecule has 7 heteroatoms. The Morgan fingerprint density at radius 2 is 1.88 bits per heavy atom. The first-order valence-corrected chi connectivity index (χ1v) is 11.1. The fourth-order valence-corrected chi connectivity index (χ4v) is 4.07. The first-order chi connectivity index (χ1) is 16.1. The van der Waals surface area contributed by atoms with Crippen LogP contribution < -0.4 is 10.6 Å². The van der Waals surface area contributed by atoms with Crippen LogP contribution in [0.5, 0.6) is 0 Å². The largest absolute Gasteiger partial charge is 0.467 e. The van der Waals surface area contributed by atoms with Gasteiger partial charge in [-0.15, -0.1) is 0 Å². The maximum absolute atomic E-state index is 13.4. The summed E-state index contributed by atoms with van der Waals surface area (Å²) < 4.78 is 20.6. The molecule has 33 heavy (non-hydrogen) atoms. The number of carbonyl (C=O) groups excluding carboxylic acids is 2. The zero-order valence-corrected chi connectivity index (χ0v) is 18.0. The summed E-state index contributed by atoms with van der Waals surface area (Å²) in [7, 11) is 0. The minimum Gasteiger partial charge on any atom is -0.467 e. The van der Waals surface area contributed by atoms with E-state index >= 15 is 0 Å². The van der Waals surface area contributed by atoms with Crippen LogP contribution in [-0.2, 0) is 17.9 Å². The zero-order valence-electron chi connectivity index (χ0n) is 18.0. The standard InChI is InChI=1S/C26H24FN3O3/c27-20-8-6-17(7-9-20)16-30-23-11-10-21(29-25(31)18-3-1-4-18)13-19(23)14-24(30)26(32)28-15-22-5-2-12-33-22/h2,5-14,18H,1,3-4,15-16H2,(H,28,32)(H,29,31). The lowest BCUT2D eigenvalue weighted by molar-refractivity contribution is -0.122. The summed E-state index contributed by atoms with van der Waals surface area (Å²) >= 11 is 0. The Hall–Kier alpha value is -3.87. The Labute approximate surface area is 190 Å². The molecule has 2 aromatic heterocycles. The SMILES string of the molecule is O=C(NCc1ccco1)c1cc2cc(NC(=O)C3CCC3)ccc2n1Cc1ccc(F)cc1. The van der Waals surface area contributed by atoms with Crippen molar-refractivity contribution in [1.29, 1.82) is 0 Å². The Morgan fingerprint density at radius 3 is 2.58 bits per heavy atom. The molecule has 5 rings (SSSR count). The highest BCUT2D eigenvalue weighted by atomic mass is 19.1. The van der Waals surface area contributed by atoms with Crippen LogP contribution >= 0.6 is 0 Å². The van der Waals surface area contributed by atoms with E-state index in [0.717, 1.165) is 35.7 Å². The molecular weight excluding hydrogens is 421 g/mol. The maximum atomic E-state index is 13.4. The normalized spacial score (nSPS) is 13.6. The van der Waals surface area contributed by atoms with E-state index in [-0.39, 0.29) is 30.1 Å². The molecule has 1 aliphatic rings. The van der Waals surface area contributed by atoms with E-state index in [1.165, 1.54) is 12.1 Å². The van der Waals surface area contributed by atoms with Gasteiger partial charge in [0, 0.05) is 29.1 Å². The fraction of sp³-hybridized carbons (Fsp3) is 0.231. The highest BCUT2D eigenvalue weighted by Gasteiger charge is 2.25. The lowest BCUT2D eigenvalue weighted by Crippen LogP contribution is -2.27. The molecule has 0 radical (unpaired) electrons. The summed E-state index contributed by atoms with van der Waals surface area (Å²) in [4.78, 5) is 25.4. The smallest absolute Gasteiger partial charge is 0.268 e. The van der Waals surface area contributed by atoms with Gasteiger partial charge in [-0.3, -0.25) is 9.59 Å². The highest BCUT2D eigenvalue weighted by molar-refractivity contribution is 6.01. The van der Waals surface area contributed by atoms with E-state index in [9.17, 15) is 14.0 Å². The first-order valence-electron chi connectivity index (χ1n) is 11.1. The van der Waals surface area contributed by atoms with Crippen molar-refractivity contribution in [3.05, 3.63) is 89.8 Å². The summed E-state index contributed by atoms with van der Waals surface area (Å²) in [5.41, 5.74) is 2.91. The number of fused-ring (bicyclic) bond motifs is 1. The predicted molar refractivity (Wildman–Crippen MR) is 123 cm³/mol. The van der Waals surface area contributed by atoms with Gasteiger partial charge >= 0.3 is 0 Å². The van der Waals surface area contributed by atoms with Crippen molar-refractivity contribution in [2.24, 2.45) is 5.92 Å². The molecule has 6 nitrogen and oxygen atoms in total. The average molecular weight is 445 g/mol. The van der Waals surface area contributed by atoms with Gasteiger partial charge in [0.05, 0.1) is 12.8 Å². The maximum Gasteiger partial charge on any atom is 0.268 e. The molecule has 168 valence electrons. The summed E-state index contributed by atoms with van der Waals surface area (Å²) in [5, 5.41) is 6.72. The third-order valence-electron chi connectivity index (χ3n) is 6.13. The summed E-state index contributed by atoms with van der Waals surface area (Å²) in [6.07, 6.45) is 4.52. The van der Waals surface area contributed by atoms with E-state index in [0.29, 0.717) is 23.7 Å². The number of nitrogens with zero attached hydrogens (tertiary/aromatic N) is 1. The van der Waals surface area contributed by atoms with Gasteiger partial charge in [-0.05, 0) is 66.9 Å². The third kappa shape index (κ3) is 4.53. The van der Waals surface area contributed by atoms with Gasteiger partial charge in [0.2, 0.25) is 5.91 Å². The van der Waals surface area contributed by atoms with Gasteiger partial charge in [-0.2, -0.15) is 0 Å². The van der Waals surface area contributed by atoms with Crippen LogP contribution in [0.1, 0.15) is 41.1 Å². The quantitative estimate of drug-likeness (QED) is 0.416. The molecule has 0 aliphatic heterocycles.